The highest BCUT2D eigenvalue weighted by molar-refractivity contribution is 5.79. The summed E-state index contributed by atoms with van der Waals surface area (Å²) in [5.74, 6) is 0.964. The molecule has 5 nitrogen and oxygen atoms in total. The van der Waals surface area contributed by atoms with Gasteiger partial charge in [0.25, 0.3) is 0 Å². The molecule has 1 aliphatic rings. The second-order valence-electron chi connectivity index (χ2n) is 5.20. The predicted molar refractivity (Wildman–Crippen MR) is 85.4 cm³/mol. The smallest absolute Gasteiger partial charge is 0.191 e. The number of nitrogens with zero attached hydrogens (tertiary/aromatic N) is 2. The molecule has 0 aromatic rings. The van der Waals surface area contributed by atoms with Gasteiger partial charge in [-0.2, -0.15) is 0 Å². The average Bonchev–Trinajstić information content (AvgIpc) is 2.49. The Morgan fingerprint density at radius 3 is 2.60 bits per heavy atom. The Bertz CT molecular complexity index is 252. The minimum Gasteiger partial charge on any atom is -0.379 e. The summed E-state index contributed by atoms with van der Waals surface area (Å²) in [6, 6.07) is 0. The lowest BCUT2D eigenvalue weighted by molar-refractivity contribution is 0.0377. The zero-order valence-corrected chi connectivity index (χ0v) is 13.3. The molecule has 0 bridgehead atoms. The van der Waals surface area contributed by atoms with Crippen LogP contribution in [0.5, 0.6) is 0 Å². The van der Waals surface area contributed by atoms with Crippen LogP contribution in [0.2, 0.25) is 0 Å². The molecular formula is C15H32N4O. The monoisotopic (exact) mass is 284 g/mol. The van der Waals surface area contributed by atoms with E-state index in [2.05, 4.69) is 34.4 Å². The summed E-state index contributed by atoms with van der Waals surface area (Å²) in [7, 11) is 0. The fourth-order valence-corrected chi connectivity index (χ4v) is 2.23. The van der Waals surface area contributed by atoms with E-state index in [9.17, 15) is 0 Å². The van der Waals surface area contributed by atoms with Crippen molar-refractivity contribution < 1.29 is 4.74 Å². The Balaban J connectivity index is 2.13. The van der Waals surface area contributed by atoms with E-state index in [1.165, 1.54) is 19.3 Å². The molecule has 0 aromatic carbocycles. The highest BCUT2D eigenvalue weighted by Crippen LogP contribution is 1.98. The summed E-state index contributed by atoms with van der Waals surface area (Å²) < 4.78 is 5.35. The molecule has 118 valence electrons. The summed E-state index contributed by atoms with van der Waals surface area (Å²) in [5.41, 5.74) is 0. The van der Waals surface area contributed by atoms with Gasteiger partial charge in [0.2, 0.25) is 0 Å². The maximum atomic E-state index is 5.35. The standard InChI is InChI=1S/C15H32N4O/c1-3-5-6-8-17-15(16-4-2)18-9-7-10-19-11-13-20-14-12-19/h3-14H2,1-2H3,(H2,16,17,18). The topological polar surface area (TPSA) is 48.9 Å². The van der Waals surface area contributed by atoms with Crippen molar-refractivity contribution in [2.45, 2.75) is 39.5 Å². The number of aliphatic imine (C=N–C) groups is 1. The number of ether oxygens (including phenoxy) is 1. The van der Waals surface area contributed by atoms with Crippen LogP contribution in [-0.4, -0.2) is 63.3 Å². The van der Waals surface area contributed by atoms with Crippen molar-refractivity contribution in [3.05, 3.63) is 0 Å². The summed E-state index contributed by atoms with van der Waals surface area (Å²) in [6.45, 7) is 12.2. The van der Waals surface area contributed by atoms with Crippen LogP contribution in [0.25, 0.3) is 0 Å². The molecule has 1 heterocycles. The Morgan fingerprint density at radius 1 is 1.10 bits per heavy atom. The normalized spacial score (nSPS) is 17.2. The van der Waals surface area contributed by atoms with Crippen molar-refractivity contribution in [3.8, 4) is 0 Å². The van der Waals surface area contributed by atoms with Crippen LogP contribution in [-0.2, 0) is 4.74 Å². The number of morpholine rings is 1. The van der Waals surface area contributed by atoms with Gasteiger partial charge in [-0.25, -0.2) is 0 Å². The minimum absolute atomic E-state index is 0.880. The first-order chi connectivity index (χ1) is 9.86. The van der Waals surface area contributed by atoms with Crippen LogP contribution in [0, 0.1) is 0 Å². The van der Waals surface area contributed by atoms with E-state index in [0.29, 0.717) is 0 Å². The Morgan fingerprint density at radius 2 is 1.90 bits per heavy atom. The SMILES string of the molecule is CCCCCNC(=NCCCN1CCOCC1)NCC. The summed E-state index contributed by atoms with van der Waals surface area (Å²) in [5, 5.41) is 6.70. The third-order valence-electron chi connectivity index (χ3n) is 3.42. The minimum atomic E-state index is 0.880. The van der Waals surface area contributed by atoms with Crippen LogP contribution in [0.1, 0.15) is 39.5 Å². The molecule has 20 heavy (non-hydrogen) atoms. The van der Waals surface area contributed by atoms with Crippen molar-refractivity contribution in [3.63, 3.8) is 0 Å². The van der Waals surface area contributed by atoms with Gasteiger partial charge in [0, 0.05) is 39.3 Å². The molecule has 0 saturated carbocycles. The molecule has 0 aromatic heterocycles. The number of hydrogen-bond donors (Lipinski definition) is 2. The molecule has 0 spiro atoms. The second-order valence-corrected chi connectivity index (χ2v) is 5.20. The van der Waals surface area contributed by atoms with Gasteiger partial charge in [0.1, 0.15) is 0 Å². The lowest BCUT2D eigenvalue weighted by Crippen LogP contribution is -2.38. The van der Waals surface area contributed by atoms with Gasteiger partial charge in [0.15, 0.2) is 5.96 Å². The number of guanidine groups is 1. The summed E-state index contributed by atoms with van der Waals surface area (Å²) >= 11 is 0. The van der Waals surface area contributed by atoms with Gasteiger partial charge in [0.05, 0.1) is 13.2 Å². The van der Waals surface area contributed by atoms with Crippen molar-refractivity contribution in [2.24, 2.45) is 4.99 Å². The molecular weight excluding hydrogens is 252 g/mol. The summed E-state index contributed by atoms with van der Waals surface area (Å²) in [4.78, 5) is 7.09. The van der Waals surface area contributed by atoms with Crippen LogP contribution >= 0.6 is 0 Å². The van der Waals surface area contributed by atoms with Crippen LogP contribution in [0.3, 0.4) is 0 Å². The maximum Gasteiger partial charge on any atom is 0.191 e. The molecule has 0 unspecified atom stereocenters. The zero-order valence-electron chi connectivity index (χ0n) is 13.3. The molecule has 2 N–H and O–H groups in total. The highest BCUT2D eigenvalue weighted by Gasteiger charge is 2.08. The first-order valence-electron chi connectivity index (χ1n) is 8.19. The zero-order chi connectivity index (χ0) is 14.5. The fourth-order valence-electron chi connectivity index (χ4n) is 2.23. The summed E-state index contributed by atoms with van der Waals surface area (Å²) in [6.07, 6.45) is 4.87. The number of hydrogen-bond acceptors (Lipinski definition) is 3. The van der Waals surface area contributed by atoms with Gasteiger partial charge >= 0.3 is 0 Å². The van der Waals surface area contributed by atoms with E-state index in [1.807, 2.05) is 0 Å². The molecule has 1 aliphatic heterocycles. The van der Waals surface area contributed by atoms with Gasteiger partial charge in [-0.1, -0.05) is 19.8 Å². The van der Waals surface area contributed by atoms with Gasteiger partial charge in [-0.05, 0) is 19.8 Å². The fraction of sp³-hybridized carbons (Fsp3) is 0.933. The van der Waals surface area contributed by atoms with E-state index in [4.69, 9.17) is 4.74 Å². The first kappa shape index (κ1) is 17.2. The number of rotatable bonds is 9. The van der Waals surface area contributed by atoms with Crippen molar-refractivity contribution in [1.82, 2.24) is 15.5 Å². The Hall–Kier alpha value is -0.810. The first-order valence-corrected chi connectivity index (χ1v) is 8.19. The Kier molecular flexibility index (Phi) is 10.3. The van der Waals surface area contributed by atoms with E-state index in [-0.39, 0.29) is 0 Å². The van der Waals surface area contributed by atoms with E-state index in [0.717, 1.165) is 64.9 Å². The van der Waals surface area contributed by atoms with Gasteiger partial charge in [-0.15, -0.1) is 0 Å². The van der Waals surface area contributed by atoms with Crippen LogP contribution < -0.4 is 10.6 Å². The molecule has 0 aliphatic carbocycles. The largest absolute Gasteiger partial charge is 0.379 e. The molecule has 5 heteroatoms. The third kappa shape index (κ3) is 8.38. The van der Waals surface area contributed by atoms with Crippen molar-refractivity contribution in [2.75, 3.05) is 52.5 Å². The second kappa shape index (κ2) is 12.0. The molecule has 1 rings (SSSR count). The molecule has 0 radical (unpaired) electrons. The third-order valence-corrected chi connectivity index (χ3v) is 3.42. The quantitative estimate of drug-likeness (QED) is 0.382. The molecule has 0 atom stereocenters. The Labute approximate surface area is 124 Å². The predicted octanol–water partition coefficient (Wildman–Crippen LogP) is 1.45. The van der Waals surface area contributed by atoms with Crippen LogP contribution in [0.15, 0.2) is 4.99 Å². The molecule has 0 amide bonds. The van der Waals surface area contributed by atoms with E-state index < -0.39 is 0 Å². The maximum absolute atomic E-state index is 5.35. The molecule has 1 fully saturated rings. The lowest BCUT2D eigenvalue weighted by Gasteiger charge is -2.26. The number of unbranched alkanes of at least 4 members (excludes halogenated alkanes) is 2. The van der Waals surface area contributed by atoms with Crippen molar-refractivity contribution >= 4 is 5.96 Å². The van der Waals surface area contributed by atoms with Gasteiger partial charge in [-0.3, -0.25) is 9.89 Å². The van der Waals surface area contributed by atoms with Crippen molar-refractivity contribution in [1.29, 1.82) is 0 Å². The van der Waals surface area contributed by atoms with Gasteiger partial charge < -0.3 is 15.4 Å². The van der Waals surface area contributed by atoms with Crippen LogP contribution in [0.4, 0.5) is 0 Å². The van der Waals surface area contributed by atoms with E-state index >= 15 is 0 Å². The van der Waals surface area contributed by atoms with E-state index in [1.54, 1.807) is 0 Å². The highest BCUT2D eigenvalue weighted by atomic mass is 16.5. The lowest BCUT2D eigenvalue weighted by atomic mass is 10.2. The average molecular weight is 284 g/mol. The number of nitrogens with one attached hydrogen (secondary N) is 2. The molecule has 1 saturated heterocycles.